The van der Waals surface area contributed by atoms with Gasteiger partial charge in [0.2, 0.25) is 17.6 Å². The van der Waals surface area contributed by atoms with Gasteiger partial charge in [-0.1, -0.05) is 47.1 Å². The minimum Gasteiger partial charge on any atom is -0.353 e. The Morgan fingerprint density at radius 3 is 2.57 bits per heavy atom. The van der Waals surface area contributed by atoms with Gasteiger partial charge in [0.15, 0.2) is 0 Å². The second kappa shape index (κ2) is 9.87. The molecule has 7 heteroatoms. The van der Waals surface area contributed by atoms with E-state index in [9.17, 15) is 4.79 Å². The maximum atomic E-state index is 12.3. The first-order valence-corrected chi connectivity index (χ1v) is 10.7. The first kappa shape index (κ1) is 20.6. The Kier molecular flexibility index (Phi) is 6.77. The van der Waals surface area contributed by atoms with Crippen LogP contribution in [0.2, 0.25) is 5.02 Å². The van der Waals surface area contributed by atoms with Crippen molar-refractivity contribution in [3.8, 4) is 11.4 Å². The molecule has 4 rings (SSSR count). The summed E-state index contributed by atoms with van der Waals surface area (Å²) in [6, 6.07) is 18.0. The third-order valence-corrected chi connectivity index (χ3v) is 5.59. The summed E-state index contributed by atoms with van der Waals surface area (Å²) in [5.41, 5.74) is 2.17. The molecule has 1 N–H and O–H groups in total. The molecule has 1 fully saturated rings. The number of carbonyl (C=O) groups is 1. The van der Waals surface area contributed by atoms with Gasteiger partial charge in [-0.15, -0.1) is 0 Å². The Bertz CT molecular complexity index is 951. The first-order valence-electron chi connectivity index (χ1n) is 10.3. The average molecular weight is 425 g/mol. The number of amides is 1. The van der Waals surface area contributed by atoms with Crippen LogP contribution in [0.1, 0.15) is 30.7 Å². The number of nitrogens with zero attached hydrogens (tertiary/aromatic N) is 3. The van der Waals surface area contributed by atoms with Crippen molar-refractivity contribution < 1.29 is 9.32 Å². The van der Waals surface area contributed by atoms with E-state index < -0.39 is 0 Å². The number of carbonyl (C=O) groups excluding carboxylic acids is 1. The van der Waals surface area contributed by atoms with Crippen molar-refractivity contribution >= 4 is 17.5 Å². The quantitative estimate of drug-likeness (QED) is 0.618. The average Bonchev–Trinajstić information content (AvgIpc) is 3.24. The minimum absolute atomic E-state index is 0.0303. The maximum Gasteiger partial charge on any atom is 0.227 e. The molecule has 6 nitrogen and oxygen atoms in total. The van der Waals surface area contributed by atoms with Crippen LogP contribution in [0.5, 0.6) is 0 Å². The predicted octanol–water partition coefficient (Wildman–Crippen LogP) is 4.10. The van der Waals surface area contributed by atoms with Gasteiger partial charge >= 0.3 is 0 Å². The van der Waals surface area contributed by atoms with E-state index in [0.717, 1.165) is 38.0 Å². The molecule has 0 unspecified atom stereocenters. The normalized spacial score (nSPS) is 15.2. The lowest BCUT2D eigenvalue weighted by molar-refractivity contribution is -0.122. The summed E-state index contributed by atoms with van der Waals surface area (Å²) in [4.78, 5) is 19.2. The van der Waals surface area contributed by atoms with Crippen LogP contribution in [0.4, 0.5) is 0 Å². The summed E-state index contributed by atoms with van der Waals surface area (Å²) in [7, 11) is 0. The molecule has 1 aliphatic rings. The number of hydrogen-bond donors (Lipinski definition) is 1. The number of benzene rings is 2. The van der Waals surface area contributed by atoms with Crippen LogP contribution in [0, 0.1) is 0 Å². The van der Waals surface area contributed by atoms with Crippen molar-refractivity contribution in [2.24, 2.45) is 0 Å². The fourth-order valence-corrected chi connectivity index (χ4v) is 3.80. The summed E-state index contributed by atoms with van der Waals surface area (Å²) < 4.78 is 5.28. The van der Waals surface area contributed by atoms with Crippen LogP contribution in [0.25, 0.3) is 11.4 Å². The van der Waals surface area contributed by atoms with E-state index in [4.69, 9.17) is 16.1 Å². The molecular formula is C23H25ClN4O2. The summed E-state index contributed by atoms with van der Waals surface area (Å²) in [5.74, 6) is 1.00. The Labute approximate surface area is 181 Å². The van der Waals surface area contributed by atoms with E-state index in [1.54, 1.807) is 12.1 Å². The molecular weight excluding hydrogens is 400 g/mol. The lowest BCUT2D eigenvalue weighted by Gasteiger charge is -2.32. The molecule has 0 radical (unpaired) electrons. The molecule has 2 heterocycles. The number of piperidine rings is 1. The molecule has 1 aliphatic heterocycles. The van der Waals surface area contributed by atoms with Crippen LogP contribution in [-0.2, 0) is 17.8 Å². The van der Waals surface area contributed by atoms with Crippen molar-refractivity contribution in [3.63, 3.8) is 0 Å². The molecule has 30 heavy (non-hydrogen) atoms. The number of hydrogen-bond acceptors (Lipinski definition) is 5. The van der Waals surface area contributed by atoms with Crippen molar-refractivity contribution in [1.29, 1.82) is 0 Å². The maximum absolute atomic E-state index is 12.3. The Morgan fingerprint density at radius 1 is 1.10 bits per heavy atom. The molecule has 0 bridgehead atoms. The summed E-state index contributed by atoms with van der Waals surface area (Å²) in [5, 5.41) is 7.79. The van der Waals surface area contributed by atoms with Crippen molar-refractivity contribution in [2.45, 2.75) is 38.3 Å². The van der Waals surface area contributed by atoms with E-state index in [2.05, 4.69) is 44.6 Å². The highest BCUT2D eigenvalue weighted by atomic mass is 35.5. The highest BCUT2D eigenvalue weighted by Crippen LogP contribution is 2.19. The van der Waals surface area contributed by atoms with Crippen LogP contribution in [0.15, 0.2) is 59.1 Å². The van der Waals surface area contributed by atoms with Crippen molar-refractivity contribution in [1.82, 2.24) is 20.4 Å². The number of aryl methyl sites for hydroxylation is 1. The van der Waals surface area contributed by atoms with Gasteiger partial charge in [-0.25, -0.2) is 0 Å². The lowest BCUT2D eigenvalue weighted by atomic mass is 10.0. The summed E-state index contributed by atoms with van der Waals surface area (Å²) in [6.45, 7) is 2.95. The van der Waals surface area contributed by atoms with Gasteiger partial charge in [0, 0.05) is 49.1 Å². The van der Waals surface area contributed by atoms with Crippen LogP contribution < -0.4 is 5.32 Å². The highest BCUT2D eigenvalue weighted by molar-refractivity contribution is 6.30. The molecule has 2 aromatic carbocycles. The minimum atomic E-state index is 0.0303. The Morgan fingerprint density at radius 2 is 1.83 bits per heavy atom. The zero-order valence-corrected chi connectivity index (χ0v) is 17.5. The van der Waals surface area contributed by atoms with Gasteiger partial charge in [-0.05, 0) is 42.7 Å². The van der Waals surface area contributed by atoms with Gasteiger partial charge in [0.25, 0.3) is 0 Å². The summed E-state index contributed by atoms with van der Waals surface area (Å²) in [6.07, 6.45) is 2.71. The number of likely N-dealkylation sites (tertiary alicyclic amines) is 1. The van der Waals surface area contributed by atoms with E-state index >= 15 is 0 Å². The molecule has 3 aromatic rings. The number of halogens is 1. The molecule has 1 amide bonds. The highest BCUT2D eigenvalue weighted by Gasteiger charge is 2.21. The van der Waals surface area contributed by atoms with Gasteiger partial charge in [-0.3, -0.25) is 9.69 Å². The molecule has 0 atom stereocenters. The van der Waals surface area contributed by atoms with Gasteiger partial charge in [0.05, 0.1) is 0 Å². The summed E-state index contributed by atoms with van der Waals surface area (Å²) >= 11 is 5.90. The second-order valence-corrected chi connectivity index (χ2v) is 8.06. The fourth-order valence-electron chi connectivity index (χ4n) is 3.67. The third kappa shape index (κ3) is 5.68. The molecule has 1 aromatic heterocycles. The predicted molar refractivity (Wildman–Crippen MR) is 116 cm³/mol. The largest absolute Gasteiger partial charge is 0.353 e. The fraction of sp³-hybridized carbons (Fsp3) is 0.348. The molecule has 0 saturated carbocycles. The van der Waals surface area contributed by atoms with E-state index in [0.29, 0.717) is 29.6 Å². The van der Waals surface area contributed by atoms with Gasteiger partial charge in [0.1, 0.15) is 0 Å². The Hall–Kier alpha value is -2.70. The SMILES string of the molecule is O=C(CCc1nc(-c2ccc(Cl)cc2)no1)NC1CCN(Cc2ccccc2)CC1. The van der Waals surface area contributed by atoms with Crippen LogP contribution in [0.3, 0.4) is 0 Å². The molecule has 1 saturated heterocycles. The molecule has 156 valence electrons. The van der Waals surface area contributed by atoms with E-state index in [1.807, 2.05) is 18.2 Å². The van der Waals surface area contributed by atoms with Gasteiger partial charge in [-0.2, -0.15) is 4.98 Å². The van der Waals surface area contributed by atoms with Crippen LogP contribution >= 0.6 is 11.6 Å². The zero-order valence-electron chi connectivity index (χ0n) is 16.8. The van der Waals surface area contributed by atoms with Crippen molar-refractivity contribution in [2.75, 3.05) is 13.1 Å². The second-order valence-electron chi connectivity index (χ2n) is 7.62. The van der Waals surface area contributed by atoms with E-state index in [-0.39, 0.29) is 11.9 Å². The monoisotopic (exact) mass is 424 g/mol. The number of rotatable bonds is 7. The molecule has 0 aliphatic carbocycles. The van der Waals surface area contributed by atoms with Crippen LogP contribution in [-0.4, -0.2) is 40.1 Å². The smallest absolute Gasteiger partial charge is 0.227 e. The zero-order chi connectivity index (χ0) is 20.8. The first-order chi connectivity index (χ1) is 14.7. The topological polar surface area (TPSA) is 71.3 Å². The van der Waals surface area contributed by atoms with Gasteiger partial charge < -0.3 is 9.84 Å². The van der Waals surface area contributed by atoms with Crippen molar-refractivity contribution in [3.05, 3.63) is 71.1 Å². The number of aromatic nitrogens is 2. The third-order valence-electron chi connectivity index (χ3n) is 5.34. The lowest BCUT2D eigenvalue weighted by Crippen LogP contribution is -2.44. The van der Waals surface area contributed by atoms with E-state index in [1.165, 1.54) is 5.56 Å². The standard InChI is InChI=1S/C23H25ClN4O2/c24-19-8-6-18(7-9-19)23-26-22(30-27-23)11-10-21(29)25-20-12-14-28(15-13-20)16-17-4-2-1-3-5-17/h1-9,20H,10-16H2,(H,25,29). The number of nitrogens with one attached hydrogen (secondary N) is 1. The molecule has 0 spiro atoms. The Balaban J connectivity index is 1.19.